The molecule has 2 bridgehead atoms. The molecule has 16 heavy (non-hydrogen) atoms. The molecular weight excluding hydrogens is 196 g/mol. The summed E-state index contributed by atoms with van der Waals surface area (Å²) in [6.07, 6.45) is 2.83. The van der Waals surface area contributed by atoms with Crippen LogP contribution in [0.2, 0.25) is 0 Å². The Labute approximate surface area is 101 Å². The largest absolute Gasteiger partial charge is 0.300 e. The lowest BCUT2D eigenvalue weighted by atomic mass is 9.86. The Bertz CT molecular complexity index is 213. The molecule has 94 valence electrons. The molecule has 0 aromatic carbocycles. The average Bonchev–Trinajstić information content (AvgIpc) is 2.23. The first-order valence-corrected chi connectivity index (χ1v) is 7.04. The first kappa shape index (κ1) is 12.4. The maximum absolute atomic E-state index is 2.75. The van der Waals surface area contributed by atoms with Crippen LogP contribution in [-0.2, 0) is 0 Å². The molecule has 3 saturated heterocycles. The van der Waals surface area contributed by atoms with Crippen LogP contribution in [0.15, 0.2) is 0 Å². The summed E-state index contributed by atoms with van der Waals surface area (Å²) in [5.41, 5.74) is 0. The van der Waals surface area contributed by atoms with Crippen molar-refractivity contribution in [2.45, 2.75) is 52.6 Å². The Morgan fingerprint density at radius 2 is 1.62 bits per heavy atom. The number of hydrogen-bond acceptors (Lipinski definition) is 2. The molecule has 3 fully saturated rings. The van der Waals surface area contributed by atoms with Gasteiger partial charge >= 0.3 is 0 Å². The molecule has 3 rings (SSSR count). The molecule has 2 nitrogen and oxygen atoms in total. The van der Waals surface area contributed by atoms with E-state index >= 15 is 0 Å². The number of hydrogen-bond donors (Lipinski definition) is 0. The van der Waals surface area contributed by atoms with E-state index in [2.05, 4.69) is 37.5 Å². The predicted octanol–water partition coefficient (Wildman–Crippen LogP) is 2.45. The van der Waals surface area contributed by atoms with E-state index in [1.165, 1.54) is 39.0 Å². The number of rotatable bonds is 5. The maximum Gasteiger partial charge on any atom is 0.0242 e. The molecule has 0 N–H and O–H groups in total. The zero-order chi connectivity index (χ0) is 11.7. The van der Waals surface area contributed by atoms with Crippen LogP contribution in [0, 0.1) is 11.8 Å². The molecule has 0 radical (unpaired) electrons. The van der Waals surface area contributed by atoms with Gasteiger partial charge in [-0.25, -0.2) is 0 Å². The highest BCUT2D eigenvalue weighted by molar-refractivity contribution is 5.00. The van der Waals surface area contributed by atoms with Crippen molar-refractivity contribution in [1.29, 1.82) is 0 Å². The van der Waals surface area contributed by atoms with E-state index in [-0.39, 0.29) is 0 Å². The van der Waals surface area contributed by atoms with E-state index in [4.69, 9.17) is 0 Å². The van der Waals surface area contributed by atoms with Crippen molar-refractivity contribution in [3.8, 4) is 0 Å². The molecule has 0 aromatic heterocycles. The van der Waals surface area contributed by atoms with Gasteiger partial charge in [-0.2, -0.15) is 0 Å². The first-order valence-electron chi connectivity index (χ1n) is 7.04. The number of piperazine rings is 1. The highest BCUT2D eigenvalue weighted by Crippen LogP contribution is 2.32. The third-order valence-electron chi connectivity index (χ3n) is 4.02. The van der Waals surface area contributed by atoms with Crippen molar-refractivity contribution < 1.29 is 0 Å². The smallest absolute Gasteiger partial charge is 0.0242 e. The number of fused-ring (bicyclic) bond motifs is 2. The fraction of sp³-hybridized carbons (Fsp3) is 1.00. The summed E-state index contributed by atoms with van der Waals surface area (Å²) in [5, 5.41) is 0. The van der Waals surface area contributed by atoms with E-state index in [0.717, 1.165) is 23.9 Å². The summed E-state index contributed by atoms with van der Waals surface area (Å²) in [6, 6.07) is 1.77. The van der Waals surface area contributed by atoms with Crippen LogP contribution in [0.5, 0.6) is 0 Å². The maximum atomic E-state index is 2.75. The SMILES string of the molecule is CC(C)CCN1CC2CC(C1)N2CC(C)C. The Morgan fingerprint density at radius 3 is 2.12 bits per heavy atom. The molecule has 2 unspecified atom stereocenters. The van der Waals surface area contributed by atoms with Gasteiger partial charge in [0.2, 0.25) is 0 Å². The fourth-order valence-electron chi connectivity index (χ4n) is 3.12. The van der Waals surface area contributed by atoms with Crippen LogP contribution in [0.3, 0.4) is 0 Å². The molecule has 2 heteroatoms. The molecular formula is C14H28N2. The average molecular weight is 224 g/mol. The third-order valence-corrected chi connectivity index (χ3v) is 4.02. The van der Waals surface area contributed by atoms with Gasteiger partial charge in [-0.3, -0.25) is 4.90 Å². The Kier molecular flexibility index (Phi) is 3.91. The lowest BCUT2D eigenvalue weighted by Gasteiger charge is -2.57. The minimum absolute atomic E-state index is 0.826. The molecule has 0 spiro atoms. The van der Waals surface area contributed by atoms with E-state index in [1.54, 1.807) is 0 Å². The Balaban J connectivity index is 1.74. The second-order valence-corrected chi connectivity index (χ2v) is 6.58. The standard InChI is InChI=1S/C14H28N2/c1-11(2)5-6-15-9-13-7-14(10-15)16(13)8-12(3)4/h11-14H,5-10H2,1-4H3. The summed E-state index contributed by atoms with van der Waals surface area (Å²) in [7, 11) is 0. The molecule has 0 amide bonds. The monoisotopic (exact) mass is 224 g/mol. The molecule has 3 aliphatic heterocycles. The van der Waals surface area contributed by atoms with Crippen molar-refractivity contribution in [2.24, 2.45) is 11.8 Å². The van der Waals surface area contributed by atoms with Gasteiger partial charge in [-0.05, 0) is 31.2 Å². The lowest BCUT2D eigenvalue weighted by Crippen LogP contribution is -2.69. The third kappa shape index (κ3) is 2.78. The number of nitrogens with zero attached hydrogens (tertiary/aromatic N) is 2. The van der Waals surface area contributed by atoms with Crippen LogP contribution >= 0.6 is 0 Å². The zero-order valence-corrected chi connectivity index (χ0v) is 11.4. The van der Waals surface area contributed by atoms with E-state index in [0.29, 0.717) is 0 Å². The summed E-state index contributed by atoms with van der Waals surface area (Å²) < 4.78 is 0. The van der Waals surface area contributed by atoms with E-state index in [9.17, 15) is 0 Å². The Hall–Kier alpha value is -0.0800. The molecule has 0 saturated carbocycles. The summed E-state index contributed by atoms with van der Waals surface area (Å²) in [4.78, 5) is 5.44. The van der Waals surface area contributed by atoms with Crippen molar-refractivity contribution >= 4 is 0 Å². The lowest BCUT2D eigenvalue weighted by molar-refractivity contribution is -0.0753. The predicted molar refractivity (Wildman–Crippen MR) is 69.6 cm³/mol. The normalized spacial score (nSPS) is 31.1. The highest BCUT2D eigenvalue weighted by atomic mass is 15.4. The van der Waals surface area contributed by atoms with Gasteiger partial charge in [0.05, 0.1) is 0 Å². The zero-order valence-electron chi connectivity index (χ0n) is 11.4. The van der Waals surface area contributed by atoms with Gasteiger partial charge in [-0.1, -0.05) is 27.7 Å². The Morgan fingerprint density at radius 1 is 1.00 bits per heavy atom. The topological polar surface area (TPSA) is 6.48 Å². The molecule has 0 aromatic rings. The highest BCUT2D eigenvalue weighted by Gasteiger charge is 2.43. The van der Waals surface area contributed by atoms with Gasteiger partial charge in [0.1, 0.15) is 0 Å². The van der Waals surface area contributed by atoms with Crippen LogP contribution in [0.25, 0.3) is 0 Å². The molecule has 2 atom stereocenters. The van der Waals surface area contributed by atoms with Gasteiger partial charge in [0.15, 0.2) is 0 Å². The quantitative estimate of drug-likeness (QED) is 0.708. The van der Waals surface area contributed by atoms with Crippen LogP contribution in [0.1, 0.15) is 40.5 Å². The van der Waals surface area contributed by atoms with Crippen molar-refractivity contribution in [1.82, 2.24) is 9.80 Å². The van der Waals surface area contributed by atoms with Gasteiger partial charge in [-0.15, -0.1) is 0 Å². The van der Waals surface area contributed by atoms with Crippen LogP contribution < -0.4 is 0 Å². The molecule has 0 aliphatic carbocycles. The van der Waals surface area contributed by atoms with E-state index < -0.39 is 0 Å². The van der Waals surface area contributed by atoms with Crippen molar-refractivity contribution in [3.05, 3.63) is 0 Å². The van der Waals surface area contributed by atoms with Crippen LogP contribution in [0.4, 0.5) is 0 Å². The molecule has 3 heterocycles. The van der Waals surface area contributed by atoms with Crippen molar-refractivity contribution in [2.75, 3.05) is 26.2 Å². The van der Waals surface area contributed by atoms with Gasteiger partial charge in [0, 0.05) is 31.7 Å². The van der Waals surface area contributed by atoms with E-state index in [1.807, 2.05) is 0 Å². The van der Waals surface area contributed by atoms with Crippen LogP contribution in [-0.4, -0.2) is 48.1 Å². The van der Waals surface area contributed by atoms with Gasteiger partial charge < -0.3 is 4.90 Å². The second-order valence-electron chi connectivity index (χ2n) is 6.58. The fourth-order valence-corrected chi connectivity index (χ4v) is 3.12. The molecule has 3 aliphatic rings. The van der Waals surface area contributed by atoms with Gasteiger partial charge in [0.25, 0.3) is 0 Å². The minimum Gasteiger partial charge on any atom is -0.300 e. The summed E-state index contributed by atoms with van der Waals surface area (Å²) in [5.74, 6) is 1.68. The second kappa shape index (κ2) is 5.05. The minimum atomic E-state index is 0.826. The number of piperidine rings is 1. The summed E-state index contributed by atoms with van der Waals surface area (Å²) >= 11 is 0. The van der Waals surface area contributed by atoms with Crippen molar-refractivity contribution in [3.63, 3.8) is 0 Å². The first-order chi connectivity index (χ1) is 7.56. The summed E-state index contributed by atoms with van der Waals surface area (Å²) in [6.45, 7) is 14.6.